The molecule has 0 unspecified atom stereocenters. The molecule has 0 radical (unpaired) electrons. The summed E-state index contributed by atoms with van der Waals surface area (Å²) < 4.78 is 0. The number of halogens is 1. The van der Waals surface area contributed by atoms with Gasteiger partial charge in [0.25, 0.3) is 0 Å². The van der Waals surface area contributed by atoms with E-state index in [0.29, 0.717) is 0 Å². The van der Waals surface area contributed by atoms with Gasteiger partial charge in [-0.25, -0.2) is 0 Å². The first-order chi connectivity index (χ1) is 8.34. The van der Waals surface area contributed by atoms with Crippen LogP contribution in [-0.2, 0) is 6.42 Å². The van der Waals surface area contributed by atoms with Crippen LogP contribution in [0.5, 0.6) is 0 Å². The fourth-order valence-corrected chi connectivity index (χ4v) is 2.81. The highest BCUT2D eigenvalue weighted by Crippen LogP contribution is 2.17. The minimum absolute atomic E-state index is 0.747. The maximum absolute atomic E-state index is 5.97. The summed E-state index contributed by atoms with van der Waals surface area (Å²) >= 11 is 5.97. The highest BCUT2D eigenvalue weighted by molar-refractivity contribution is 6.30. The molecule has 1 N–H and O–H groups in total. The SMILES string of the molecule is Clc1cccc(CCNC2CCCCCC2)c1. The van der Waals surface area contributed by atoms with Gasteiger partial charge in [-0.3, -0.25) is 0 Å². The van der Waals surface area contributed by atoms with Gasteiger partial charge in [0.2, 0.25) is 0 Å². The Morgan fingerprint density at radius 3 is 2.59 bits per heavy atom. The number of hydrogen-bond donors (Lipinski definition) is 1. The number of hydrogen-bond acceptors (Lipinski definition) is 1. The molecule has 0 aliphatic heterocycles. The van der Waals surface area contributed by atoms with Gasteiger partial charge in [0.05, 0.1) is 0 Å². The quantitative estimate of drug-likeness (QED) is 0.791. The van der Waals surface area contributed by atoms with Gasteiger partial charge in [0, 0.05) is 11.1 Å². The van der Waals surface area contributed by atoms with Crippen molar-refractivity contribution in [1.82, 2.24) is 5.32 Å². The normalized spacial score (nSPS) is 17.9. The van der Waals surface area contributed by atoms with E-state index in [-0.39, 0.29) is 0 Å². The molecule has 0 saturated heterocycles. The zero-order chi connectivity index (χ0) is 11.9. The summed E-state index contributed by atoms with van der Waals surface area (Å²) in [4.78, 5) is 0. The van der Waals surface area contributed by atoms with Crippen LogP contribution in [0.25, 0.3) is 0 Å². The molecular formula is C15H22ClN. The van der Waals surface area contributed by atoms with Crippen LogP contribution in [0.4, 0.5) is 0 Å². The van der Waals surface area contributed by atoms with Crippen molar-refractivity contribution < 1.29 is 0 Å². The van der Waals surface area contributed by atoms with Crippen LogP contribution in [-0.4, -0.2) is 12.6 Å². The zero-order valence-electron chi connectivity index (χ0n) is 10.4. The molecule has 0 amide bonds. The molecule has 1 fully saturated rings. The molecule has 1 aliphatic rings. The Morgan fingerprint density at radius 1 is 1.12 bits per heavy atom. The monoisotopic (exact) mass is 251 g/mol. The molecule has 1 nitrogen and oxygen atoms in total. The lowest BCUT2D eigenvalue weighted by molar-refractivity contribution is 0.463. The Morgan fingerprint density at radius 2 is 1.88 bits per heavy atom. The lowest BCUT2D eigenvalue weighted by Gasteiger charge is -2.16. The molecule has 0 spiro atoms. The Hall–Kier alpha value is -0.530. The van der Waals surface area contributed by atoms with Crippen molar-refractivity contribution in [2.45, 2.75) is 51.0 Å². The Balaban J connectivity index is 1.71. The molecule has 1 aliphatic carbocycles. The Kier molecular flexibility index (Phi) is 5.34. The highest BCUT2D eigenvalue weighted by Gasteiger charge is 2.10. The summed E-state index contributed by atoms with van der Waals surface area (Å²) in [6, 6.07) is 8.93. The first-order valence-corrected chi connectivity index (χ1v) is 7.20. The van der Waals surface area contributed by atoms with E-state index in [2.05, 4.69) is 17.4 Å². The molecule has 94 valence electrons. The van der Waals surface area contributed by atoms with E-state index in [1.54, 1.807) is 0 Å². The molecule has 0 atom stereocenters. The maximum Gasteiger partial charge on any atom is 0.0408 e. The van der Waals surface area contributed by atoms with Crippen LogP contribution >= 0.6 is 11.6 Å². The van der Waals surface area contributed by atoms with Crippen molar-refractivity contribution in [3.05, 3.63) is 34.9 Å². The average molecular weight is 252 g/mol. The van der Waals surface area contributed by atoms with Gasteiger partial charge < -0.3 is 5.32 Å². The minimum atomic E-state index is 0.747. The zero-order valence-corrected chi connectivity index (χ0v) is 11.2. The topological polar surface area (TPSA) is 12.0 Å². The minimum Gasteiger partial charge on any atom is -0.314 e. The second-order valence-corrected chi connectivity index (χ2v) is 5.46. The molecule has 0 heterocycles. The van der Waals surface area contributed by atoms with Crippen LogP contribution in [0.15, 0.2) is 24.3 Å². The van der Waals surface area contributed by atoms with Crippen molar-refractivity contribution in [1.29, 1.82) is 0 Å². The van der Waals surface area contributed by atoms with Crippen molar-refractivity contribution in [3.8, 4) is 0 Å². The van der Waals surface area contributed by atoms with Gasteiger partial charge in [-0.1, -0.05) is 49.4 Å². The predicted molar refractivity (Wildman–Crippen MR) is 74.6 cm³/mol. The van der Waals surface area contributed by atoms with Gasteiger partial charge in [-0.15, -0.1) is 0 Å². The van der Waals surface area contributed by atoms with E-state index in [1.165, 1.54) is 44.1 Å². The van der Waals surface area contributed by atoms with Crippen molar-refractivity contribution in [2.75, 3.05) is 6.54 Å². The van der Waals surface area contributed by atoms with Crippen LogP contribution in [0, 0.1) is 0 Å². The first kappa shape index (κ1) is 12.9. The van der Waals surface area contributed by atoms with Crippen LogP contribution < -0.4 is 5.32 Å². The Bertz CT molecular complexity index is 329. The summed E-state index contributed by atoms with van der Waals surface area (Å²) in [6.07, 6.45) is 9.44. The summed E-state index contributed by atoms with van der Waals surface area (Å²) in [5.74, 6) is 0. The third kappa shape index (κ3) is 4.69. The lowest BCUT2D eigenvalue weighted by atomic mass is 10.1. The van der Waals surface area contributed by atoms with Crippen molar-refractivity contribution >= 4 is 11.6 Å². The lowest BCUT2D eigenvalue weighted by Crippen LogP contribution is -2.30. The smallest absolute Gasteiger partial charge is 0.0408 e. The fourth-order valence-electron chi connectivity index (χ4n) is 2.60. The van der Waals surface area contributed by atoms with Crippen LogP contribution in [0.3, 0.4) is 0 Å². The van der Waals surface area contributed by atoms with E-state index >= 15 is 0 Å². The number of nitrogens with one attached hydrogen (secondary N) is 1. The second kappa shape index (κ2) is 7.03. The molecule has 2 rings (SSSR count). The maximum atomic E-state index is 5.97. The third-order valence-corrected chi connectivity index (χ3v) is 3.83. The average Bonchev–Trinajstić information content (AvgIpc) is 2.58. The molecule has 0 bridgehead atoms. The molecule has 1 aromatic rings. The molecule has 1 saturated carbocycles. The molecule has 2 heteroatoms. The van der Waals surface area contributed by atoms with Crippen molar-refractivity contribution in [2.24, 2.45) is 0 Å². The van der Waals surface area contributed by atoms with Crippen LogP contribution in [0.1, 0.15) is 44.1 Å². The highest BCUT2D eigenvalue weighted by atomic mass is 35.5. The first-order valence-electron chi connectivity index (χ1n) is 6.82. The second-order valence-electron chi connectivity index (χ2n) is 5.02. The molecule has 0 aromatic heterocycles. The molecule has 1 aromatic carbocycles. The summed E-state index contributed by atoms with van der Waals surface area (Å²) in [5, 5.41) is 4.53. The van der Waals surface area contributed by atoms with Gasteiger partial charge in [0.15, 0.2) is 0 Å². The van der Waals surface area contributed by atoms with Crippen molar-refractivity contribution in [3.63, 3.8) is 0 Å². The Labute approximate surface area is 110 Å². The standard InChI is InChI=1S/C15H22ClN/c16-14-7-5-6-13(12-14)10-11-17-15-8-3-1-2-4-9-15/h5-7,12,15,17H,1-4,8-11H2. The van der Waals surface area contributed by atoms with E-state index in [1.807, 2.05) is 12.1 Å². The predicted octanol–water partition coefficient (Wildman–Crippen LogP) is 4.19. The van der Waals surface area contributed by atoms with E-state index < -0.39 is 0 Å². The summed E-state index contributed by atoms with van der Waals surface area (Å²) in [7, 11) is 0. The number of benzene rings is 1. The van der Waals surface area contributed by atoms with Gasteiger partial charge in [0.1, 0.15) is 0 Å². The van der Waals surface area contributed by atoms with Gasteiger partial charge in [-0.05, 0) is 43.5 Å². The van der Waals surface area contributed by atoms with E-state index in [4.69, 9.17) is 11.6 Å². The van der Waals surface area contributed by atoms with Gasteiger partial charge in [-0.2, -0.15) is 0 Å². The number of rotatable bonds is 4. The van der Waals surface area contributed by atoms with E-state index in [0.717, 1.165) is 24.0 Å². The fraction of sp³-hybridized carbons (Fsp3) is 0.600. The third-order valence-electron chi connectivity index (χ3n) is 3.59. The largest absolute Gasteiger partial charge is 0.314 e. The molecule has 17 heavy (non-hydrogen) atoms. The summed E-state index contributed by atoms with van der Waals surface area (Å²) in [5.41, 5.74) is 1.33. The summed E-state index contributed by atoms with van der Waals surface area (Å²) in [6.45, 7) is 1.07. The van der Waals surface area contributed by atoms with Crippen LogP contribution in [0.2, 0.25) is 5.02 Å². The van der Waals surface area contributed by atoms with E-state index in [9.17, 15) is 0 Å². The molecular weight excluding hydrogens is 230 g/mol. The van der Waals surface area contributed by atoms with Gasteiger partial charge >= 0.3 is 0 Å².